The molecule has 0 saturated carbocycles. The van der Waals surface area contributed by atoms with Crippen molar-refractivity contribution in [1.29, 1.82) is 0 Å². The van der Waals surface area contributed by atoms with Crippen LogP contribution in [0.3, 0.4) is 0 Å². The Labute approximate surface area is 148 Å². The van der Waals surface area contributed by atoms with Gasteiger partial charge in [0, 0.05) is 45.4 Å². The zero-order valence-corrected chi connectivity index (χ0v) is 15.3. The Balaban J connectivity index is 2.03. The fraction of sp³-hybridized carbons (Fsp3) is 0.588. The van der Waals surface area contributed by atoms with E-state index in [4.69, 9.17) is 9.47 Å². The molecule has 0 aromatic heterocycles. The SMILES string of the molecule is CN=C(NCCCOCCOC)NCCSCc1ccccc1F. The molecular formula is C17H28FN3O2S. The maximum absolute atomic E-state index is 13.5. The highest BCUT2D eigenvalue weighted by molar-refractivity contribution is 7.98. The van der Waals surface area contributed by atoms with Gasteiger partial charge in [0.1, 0.15) is 5.82 Å². The molecule has 0 amide bonds. The van der Waals surface area contributed by atoms with Crippen LogP contribution in [0.2, 0.25) is 0 Å². The van der Waals surface area contributed by atoms with Crippen LogP contribution in [0, 0.1) is 5.82 Å². The van der Waals surface area contributed by atoms with E-state index in [1.807, 2.05) is 12.1 Å². The van der Waals surface area contributed by atoms with Crippen LogP contribution in [0.15, 0.2) is 29.3 Å². The Hall–Kier alpha value is -1.31. The summed E-state index contributed by atoms with van der Waals surface area (Å²) in [6, 6.07) is 6.90. The molecule has 0 saturated heterocycles. The van der Waals surface area contributed by atoms with Crippen molar-refractivity contribution in [2.45, 2.75) is 12.2 Å². The number of thioether (sulfide) groups is 1. The third-order valence-electron chi connectivity index (χ3n) is 3.17. The zero-order valence-electron chi connectivity index (χ0n) is 14.5. The summed E-state index contributed by atoms with van der Waals surface area (Å²) in [7, 11) is 3.41. The molecule has 5 nitrogen and oxygen atoms in total. The predicted octanol–water partition coefficient (Wildman–Crippen LogP) is 2.28. The van der Waals surface area contributed by atoms with E-state index >= 15 is 0 Å². The first kappa shape index (κ1) is 20.7. The third-order valence-corrected chi connectivity index (χ3v) is 4.18. The molecule has 7 heteroatoms. The molecule has 0 heterocycles. The highest BCUT2D eigenvalue weighted by atomic mass is 32.2. The van der Waals surface area contributed by atoms with E-state index in [2.05, 4.69) is 15.6 Å². The molecule has 136 valence electrons. The fourth-order valence-corrected chi connectivity index (χ4v) is 2.73. The number of methoxy groups -OCH3 is 1. The number of ether oxygens (including phenoxy) is 2. The molecule has 0 aliphatic rings. The van der Waals surface area contributed by atoms with Crippen LogP contribution in [-0.4, -0.2) is 58.8 Å². The minimum absolute atomic E-state index is 0.136. The first-order valence-electron chi connectivity index (χ1n) is 8.10. The van der Waals surface area contributed by atoms with E-state index in [1.165, 1.54) is 6.07 Å². The van der Waals surface area contributed by atoms with Gasteiger partial charge >= 0.3 is 0 Å². The average molecular weight is 357 g/mol. The van der Waals surface area contributed by atoms with Crippen molar-refractivity contribution in [2.24, 2.45) is 4.99 Å². The number of hydrogen-bond donors (Lipinski definition) is 2. The molecule has 0 bridgehead atoms. The Morgan fingerprint density at radius 2 is 1.96 bits per heavy atom. The van der Waals surface area contributed by atoms with Crippen molar-refractivity contribution in [1.82, 2.24) is 10.6 Å². The molecule has 1 aromatic rings. The Morgan fingerprint density at radius 1 is 1.17 bits per heavy atom. The second-order valence-electron chi connectivity index (χ2n) is 5.03. The van der Waals surface area contributed by atoms with Crippen molar-refractivity contribution in [2.75, 3.05) is 52.8 Å². The lowest BCUT2D eigenvalue weighted by Crippen LogP contribution is -2.39. The predicted molar refractivity (Wildman–Crippen MR) is 99.2 cm³/mol. The Kier molecular flexibility index (Phi) is 12.2. The van der Waals surface area contributed by atoms with Crippen LogP contribution in [0.1, 0.15) is 12.0 Å². The first-order valence-corrected chi connectivity index (χ1v) is 9.25. The molecule has 24 heavy (non-hydrogen) atoms. The van der Waals surface area contributed by atoms with Crippen LogP contribution >= 0.6 is 11.8 Å². The van der Waals surface area contributed by atoms with Gasteiger partial charge in [-0.2, -0.15) is 11.8 Å². The molecule has 0 radical (unpaired) electrons. The quantitative estimate of drug-likeness (QED) is 0.341. The molecule has 1 rings (SSSR count). The van der Waals surface area contributed by atoms with Crippen LogP contribution in [0.5, 0.6) is 0 Å². The maximum Gasteiger partial charge on any atom is 0.191 e. The van der Waals surface area contributed by atoms with E-state index in [1.54, 1.807) is 32.0 Å². The van der Waals surface area contributed by atoms with Gasteiger partial charge in [-0.1, -0.05) is 18.2 Å². The largest absolute Gasteiger partial charge is 0.382 e. The minimum atomic E-state index is -0.136. The number of aliphatic imine (C=N–C) groups is 1. The number of nitrogens with one attached hydrogen (secondary N) is 2. The second kappa shape index (κ2) is 14.1. The first-order chi connectivity index (χ1) is 11.8. The summed E-state index contributed by atoms with van der Waals surface area (Å²) in [6.45, 7) is 3.54. The minimum Gasteiger partial charge on any atom is -0.382 e. The zero-order chi connectivity index (χ0) is 17.5. The van der Waals surface area contributed by atoms with Gasteiger partial charge in [0.05, 0.1) is 13.2 Å². The van der Waals surface area contributed by atoms with E-state index in [-0.39, 0.29) is 5.82 Å². The summed E-state index contributed by atoms with van der Waals surface area (Å²) in [6.07, 6.45) is 0.909. The summed E-state index contributed by atoms with van der Waals surface area (Å²) in [5.74, 6) is 2.20. The third kappa shape index (κ3) is 9.75. The van der Waals surface area contributed by atoms with Crippen LogP contribution in [0.25, 0.3) is 0 Å². The Morgan fingerprint density at radius 3 is 2.71 bits per heavy atom. The molecular weight excluding hydrogens is 329 g/mol. The molecule has 0 aliphatic carbocycles. The normalized spacial score (nSPS) is 11.5. The number of benzene rings is 1. The lowest BCUT2D eigenvalue weighted by atomic mass is 10.2. The molecule has 0 spiro atoms. The molecule has 1 aromatic carbocycles. The summed E-state index contributed by atoms with van der Waals surface area (Å²) < 4.78 is 23.8. The smallest absolute Gasteiger partial charge is 0.191 e. The van der Waals surface area contributed by atoms with E-state index in [0.717, 1.165) is 36.8 Å². The highest BCUT2D eigenvalue weighted by Gasteiger charge is 2.01. The average Bonchev–Trinajstić information content (AvgIpc) is 2.60. The van der Waals surface area contributed by atoms with Gasteiger partial charge in [0.25, 0.3) is 0 Å². The number of rotatable bonds is 12. The van der Waals surface area contributed by atoms with Crippen molar-refractivity contribution >= 4 is 17.7 Å². The molecule has 0 fully saturated rings. The molecule has 0 atom stereocenters. The summed E-state index contributed by atoms with van der Waals surface area (Å²) in [5, 5.41) is 6.48. The summed E-state index contributed by atoms with van der Waals surface area (Å²) in [4.78, 5) is 4.17. The van der Waals surface area contributed by atoms with Gasteiger partial charge in [0.15, 0.2) is 5.96 Å². The van der Waals surface area contributed by atoms with Crippen molar-refractivity contribution < 1.29 is 13.9 Å². The Bertz CT molecular complexity index is 475. The maximum atomic E-state index is 13.5. The van der Waals surface area contributed by atoms with Gasteiger partial charge in [-0.05, 0) is 18.1 Å². The fourth-order valence-electron chi connectivity index (χ4n) is 1.89. The molecule has 0 aliphatic heterocycles. The lowest BCUT2D eigenvalue weighted by molar-refractivity contribution is 0.0698. The highest BCUT2D eigenvalue weighted by Crippen LogP contribution is 2.14. The number of halogens is 1. The van der Waals surface area contributed by atoms with Crippen LogP contribution in [0.4, 0.5) is 4.39 Å². The van der Waals surface area contributed by atoms with Gasteiger partial charge in [-0.25, -0.2) is 4.39 Å². The van der Waals surface area contributed by atoms with E-state index < -0.39 is 0 Å². The monoisotopic (exact) mass is 357 g/mol. The number of guanidine groups is 1. The lowest BCUT2D eigenvalue weighted by Gasteiger charge is -2.12. The van der Waals surface area contributed by atoms with Gasteiger partial charge in [-0.15, -0.1) is 0 Å². The van der Waals surface area contributed by atoms with E-state index in [0.29, 0.717) is 25.6 Å². The van der Waals surface area contributed by atoms with Crippen molar-refractivity contribution in [3.8, 4) is 0 Å². The van der Waals surface area contributed by atoms with E-state index in [9.17, 15) is 4.39 Å². The van der Waals surface area contributed by atoms with Crippen molar-refractivity contribution in [3.63, 3.8) is 0 Å². The second-order valence-corrected chi connectivity index (χ2v) is 6.13. The van der Waals surface area contributed by atoms with Crippen molar-refractivity contribution in [3.05, 3.63) is 35.6 Å². The van der Waals surface area contributed by atoms with Gasteiger partial charge in [0.2, 0.25) is 0 Å². The standard InChI is InChI=1S/C17H28FN3O2S/c1-19-17(20-8-5-10-23-12-11-22-2)21-9-13-24-14-15-6-3-4-7-16(15)18/h3-4,6-7H,5,8-14H2,1-2H3,(H2,19,20,21). The molecule has 0 unspecified atom stereocenters. The van der Waals surface area contributed by atoms with Crippen LogP contribution in [-0.2, 0) is 15.2 Å². The van der Waals surface area contributed by atoms with Gasteiger partial charge < -0.3 is 20.1 Å². The topological polar surface area (TPSA) is 54.9 Å². The molecule has 2 N–H and O–H groups in total. The number of hydrogen-bond acceptors (Lipinski definition) is 4. The summed E-state index contributed by atoms with van der Waals surface area (Å²) in [5.41, 5.74) is 0.749. The van der Waals surface area contributed by atoms with Gasteiger partial charge in [-0.3, -0.25) is 4.99 Å². The summed E-state index contributed by atoms with van der Waals surface area (Å²) >= 11 is 1.70. The van der Waals surface area contributed by atoms with Crippen LogP contribution < -0.4 is 10.6 Å². The number of nitrogens with zero attached hydrogens (tertiary/aromatic N) is 1.